The molecule has 0 radical (unpaired) electrons. The highest BCUT2D eigenvalue weighted by atomic mass is 16.6. The molecule has 0 aliphatic rings. The van der Waals surface area contributed by atoms with Gasteiger partial charge in [-0.3, -0.25) is 9.59 Å². The highest BCUT2D eigenvalue weighted by Gasteiger charge is 2.09. The van der Waals surface area contributed by atoms with Crippen LogP contribution in [-0.2, 0) is 14.3 Å². The molecule has 0 fully saturated rings. The van der Waals surface area contributed by atoms with Crippen LogP contribution >= 0.6 is 0 Å². The molecule has 0 saturated carbocycles. The number of hydrogen-bond acceptors (Lipinski definition) is 3. The molecule has 3 heteroatoms. The van der Waals surface area contributed by atoms with Crippen molar-refractivity contribution in [3.05, 3.63) is 0 Å². The summed E-state index contributed by atoms with van der Waals surface area (Å²) in [7, 11) is 0. The number of carbonyl (C=O) groups excluding carboxylic acids is 2. The quantitative estimate of drug-likeness (QED) is 0.0573. The van der Waals surface area contributed by atoms with Gasteiger partial charge >= 0.3 is 11.9 Å². The molecule has 0 aromatic rings. The van der Waals surface area contributed by atoms with Crippen molar-refractivity contribution < 1.29 is 14.3 Å². The van der Waals surface area contributed by atoms with Gasteiger partial charge in [0.05, 0.1) is 0 Å². The zero-order chi connectivity index (χ0) is 26.4. The van der Waals surface area contributed by atoms with E-state index in [-0.39, 0.29) is 11.9 Å². The van der Waals surface area contributed by atoms with E-state index in [0.29, 0.717) is 12.8 Å². The lowest BCUT2D eigenvalue weighted by atomic mass is 10.0. The summed E-state index contributed by atoms with van der Waals surface area (Å²) in [5.74, 6) is -0.651. The van der Waals surface area contributed by atoms with Crippen LogP contribution in [0.15, 0.2) is 0 Å². The van der Waals surface area contributed by atoms with Crippen LogP contribution in [0.5, 0.6) is 0 Å². The molecular weight excluding hydrogens is 444 g/mol. The van der Waals surface area contributed by atoms with Crippen molar-refractivity contribution in [2.24, 2.45) is 0 Å². The largest absolute Gasteiger partial charge is 0.393 e. The lowest BCUT2D eigenvalue weighted by molar-refractivity contribution is -0.159. The summed E-state index contributed by atoms with van der Waals surface area (Å²) in [5.41, 5.74) is 0. The first-order chi connectivity index (χ1) is 17.7. The summed E-state index contributed by atoms with van der Waals surface area (Å²) in [6.07, 6.45) is 35.7. The van der Waals surface area contributed by atoms with Crippen LogP contribution in [-0.4, -0.2) is 11.9 Å². The Kier molecular flexibility index (Phi) is 29.6. The molecule has 0 atom stereocenters. The fourth-order valence-electron chi connectivity index (χ4n) is 4.98. The van der Waals surface area contributed by atoms with Crippen LogP contribution in [0.2, 0.25) is 0 Å². The lowest BCUT2D eigenvalue weighted by Crippen LogP contribution is -2.11. The summed E-state index contributed by atoms with van der Waals surface area (Å²) < 4.78 is 4.99. The second-order valence-electron chi connectivity index (χ2n) is 11.2. The van der Waals surface area contributed by atoms with Gasteiger partial charge in [-0.25, -0.2) is 0 Å². The average Bonchev–Trinajstić information content (AvgIpc) is 2.87. The Bertz CT molecular complexity index is 460. The molecule has 0 rings (SSSR count). The first kappa shape index (κ1) is 35.1. The van der Waals surface area contributed by atoms with Crippen molar-refractivity contribution in [2.75, 3.05) is 0 Å². The summed E-state index contributed by atoms with van der Waals surface area (Å²) >= 11 is 0. The van der Waals surface area contributed by atoms with Gasteiger partial charge in [0.2, 0.25) is 0 Å². The normalized spacial score (nSPS) is 11.2. The lowest BCUT2D eigenvalue weighted by Gasteiger charge is -2.05. The fraction of sp³-hybridized carbons (Fsp3) is 0.939. The third kappa shape index (κ3) is 29.4. The molecule has 0 amide bonds. The monoisotopic (exact) mass is 508 g/mol. The van der Waals surface area contributed by atoms with Crippen LogP contribution in [0.4, 0.5) is 0 Å². The third-order valence-electron chi connectivity index (χ3n) is 7.45. The molecule has 214 valence electrons. The number of carbonyl (C=O) groups is 2. The van der Waals surface area contributed by atoms with Crippen molar-refractivity contribution in [1.29, 1.82) is 0 Å². The molecular formula is C33H64O3. The van der Waals surface area contributed by atoms with Crippen LogP contribution in [0.25, 0.3) is 0 Å². The minimum atomic E-state index is -0.326. The van der Waals surface area contributed by atoms with Gasteiger partial charge in [0.25, 0.3) is 0 Å². The van der Waals surface area contributed by atoms with Gasteiger partial charge in [-0.05, 0) is 12.8 Å². The zero-order valence-corrected chi connectivity index (χ0v) is 24.7. The maximum absolute atomic E-state index is 11.9. The maximum Gasteiger partial charge on any atom is 0.313 e. The van der Waals surface area contributed by atoms with Gasteiger partial charge in [-0.15, -0.1) is 0 Å². The Morgan fingerprint density at radius 1 is 0.333 bits per heavy atom. The Balaban J connectivity index is 3.28. The summed E-state index contributed by atoms with van der Waals surface area (Å²) in [4.78, 5) is 23.7. The molecule has 3 nitrogen and oxygen atoms in total. The van der Waals surface area contributed by atoms with Crippen LogP contribution in [0.3, 0.4) is 0 Å². The van der Waals surface area contributed by atoms with Crippen LogP contribution in [0.1, 0.15) is 200 Å². The van der Waals surface area contributed by atoms with E-state index in [1.165, 1.54) is 148 Å². The van der Waals surface area contributed by atoms with Crippen molar-refractivity contribution in [1.82, 2.24) is 0 Å². The van der Waals surface area contributed by atoms with E-state index in [1.807, 2.05) is 0 Å². The third-order valence-corrected chi connectivity index (χ3v) is 7.45. The molecule has 0 spiro atoms. The topological polar surface area (TPSA) is 43.4 Å². The minimum Gasteiger partial charge on any atom is -0.393 e. The van der Waals surface area contributed by atoms with Gasteiger partial charge in [-0.2, -0.15) is 0 Å². The van der Waals surface area contributed by atoms with Crippen molar-refractivity contribution in [2.45, 2.75) is 200 Å². The number of esters is 2. The number of unbranched alkanes of at least 4 members (excludes halogenated alkanes) is 25. The minimum absolute atomic E-state index is 0.325. The van der Waals surface area contributed by atoms with Crippen molar-refractivity contribution >= 4 is 11.9 Å². The first-order valence-electron chi connectivity index (χ1n) is 16.4. The molecule has 0 aliphatic carbocycles. The summed E-state index contributed by atoms with van der Waals surface area (Å²) in [6, 6.07) is 0. The Labute approximate surface area is 226 Å². The summed E-state index contributed by atoms with van der Waals surface area (Å²) in [6.45, 7) is 4.54. The van der Waals surface area contributed by atoms with Crippen LogP contribution < -0.4 is 0 Å². The van der Waals surface area contributed by atoms with Gasteiger partial charge < -0.3 is 4.74 Å². The predicted molar refractivity (Wildman–Crippen MR) is 156 cm³/mol. The van der Waals surface area contributed by atoms with Gasteiger partial charge in [0, 0.05) is 12.8 Å². The fourth-order valence-corrected chi connectivity index (χ4v) is 4.98. The standard InChI is InChI=1S/C33H64O3/c1-3-5-7-9-11-13-15-17-19-21-23-25-27-29-31-33(35)36-32(34)30-28-26-24-22-20-18-16-14-12-10-8-6-4-2/h3-31H2,1-2H3. The number of hydrogen-bond donors (Lipinski definition) is 0. The average molecular weight is 509 g/mol. The molecule has 0 N–H and O–H groups in total. The summed E-state index contributed by atoms with van der Waals surface area (Å²) in [5, 5.41) is 0. The Hall–Kier alpha value is -0.860. The molecule has 0 aromatic carbocycles. The van der Waals surface area contributed by atoms with E-state index >= 15 is 0 Å². The molecule has 0 bridgehead atoms. The smallest absolute Gasteiger partial charge is 0.313 e. The highest BCUT2D eigenvalue weighted by molar-refractivity contribution is 5.85. The molecule has 0 aliphatic heterocycles. The van der Waals surface area contributed by atoms with Gasteiger partial charge in [-0.1, -0.05) is 174 Å². The van der Waals surface area contributed by atoms with E-state index in [4.69, 9.17) is 4.74 Å². The van der Waals surface area contributed by atoms with E-state index in [2.05, 4.69) is 13.8 Å². The SMILES string of the molecule is CCCCCCCCCCCCCCCCC(=O)OC(=O)CCCCCCCCCCCCCCC. The van der Waals surface area contributed by atoms with E-state index in [9.17, 15) is 9.59 Å². The van der Waals surface area contributed by atoms with Crippen LogP contribution in [0, 0.1) is 0 Å². The molecule has 0 aromatic heterocycles. The number of ether oxygens (including phenoxy) is 1. The molecule has 0 saturated heterocycles. The zero-order valence-electron chi connectivity index (χ0n) is 24.7. The first-order valence-corrected chi connectivity index (χ1v) is 16.4. The van der Waals surface area contributed by atoms with E-state index in [1.54, 1.807) is 0 Å². The Morgan fingerprint density at radius 3 is 0.750 bits per heavy atom. The van der Waals surface area contributed by atoms with Gasteiger partial charge in [0.1, 0.15) is 0 Å². The maximum atomic E-state index is 11.9. The Morgan fingerprint density at radius 2 is 0.528 bits per heavy atom. The molecule has 36 heavy (non-hydrogen) atoms. The highest BCUT2D eigenvalue weighted by Crippen LogP contribution is 2.15. The number of rotatable bonds is 29. The molecule has 0 heterocycles. The van der Waals surface area contributed by atoms with Gasteiger partial charge in [0.15, 0.2) is 0 Å². The van der Waals surface area contributed by atoms with E-state index < -0.39 is 0 Å². The van der Waals surface area contributed by atoms with Crippen molar-refractivity contribution in [3.8, 4) is 0 Å². The predicted octanol–water partition coefficient (Wildman–Crippen LogP) is 11.4. The van der Waals surface area contributed by atoms with Crippen molar-refractivity contribution in [3.63, 3.8) is 0 Å². The second-order valence-corrected chi connectivity index (χ2v) is 11.2. The second kappa shape index (κ2) is 30.4. The molecule has 0 unspecified atom stereocenters. The van der Waals surface area contributed by atoms with E-state index in [0.717, 1.165) is 25.7 Å².